The Kier molecular flexibility index (Phi) is 5.14. The lowest BCUT2D eigenvalue weighted by molar-refractivity contribution is -0.00641. The Balaban J connectivity index is 1.49. The van der Waals surface area contributed by atoms with E-state index in [4.69, 9.17) is 8.83 Å². The standard InChI is InChI=1S/C21H19F2N5O3/c1-12-5-4-6-14(9-12)19-18(25-13(2)30-19)20(29)26-17-10-24-28(27-17)11-15-7-8-16(31-15)21(3,22)23/h4-10H,11H2,1-3H3,(H,26,27,29). The molecule has 8 nitrogen and oxygen atoms in total. The van der Waals surface area contributed by atoms with Gasteiger partial charge < -0.3 is 14.2 Å². The van der Waals surface area contributed by atoms with Crippen molar-refractivity contribution in [3.63, 3.8) is 0 Å². The number of nitrogens with zero attached hydrogens (tertiary/aromatic N) is 4. The summed E-state index contributed by atoms with van der Waals surface area (Å²) < 4.78 is 37.4. The van der Waals surface area contributed by atoms with Crippen molar-refractivity contribution in [3.8, 4) is 11.3 Å². The number of aromatic nitrogens is 4. The third kappa shape index (κ3) is 4.52. The number of amides is 1. The molecule has 0 aliphatic heterocycles. The SMILES string of the molecule is Cc1cccc(-c2oc(C)nc2C(=O)Nc2cnn(Cc3ccc(C(C)(F)F)o3)n2)c1. The van der Waals surface area contributed by atoms with Gasteiger partial charge in [0.25, 0.3) is 5.91 Å². The Labute approximate surface area is 175 Å². The number of benzene rings is 1. The number of halogens is 2. The van der Waals surface area contributed by atoms with E-state index in [0.29, 0.717) is 11.7 Å². The topological polar surface area (TPSA) is 99.0 Å². The van der Waals surface area contributed by atoms with Gasteiger partial charge in [-0.3, -0.25) is 4.79 Å². The first kappa shape index (κ1) is 20.5. The van der Waals surface area contributed by atoms with Gasteiger partial charge >= 0.3 is 5.92 Å². The summed E-state index contributed by atoms with van der Waals surface area (Å²) in [5, 5.41) is 10.8. The minimum atomic E-state index is -3.07. The molecule has 0 aliphatic rings. The van der Waals surface area contributed by atoms with Crippen molar-refractivity contribution >= 4 is 11.7 Å². The summed E-state index contributed by atoms with van der Waals surface area (Å²) in [4.78, 5) is 18.2. The Hall–Kier alpha value is -3.82. The Morgan fingerprint density at radius 2 is 2.00 bits per heavy atom. The second-order valence-corrected chi connectivity index (χ2v) is 7.15. The molecule has 0 radical (unpaired) electrons. The number of carbonyl (C=O) groups excluding carboxylic acids is 1. The van der Waals surface area contributed by atoms with Crippen LogP contribution in [-0.2, 0) is 12.5 Å². The molecule has 3 heterocycles. The van der Waals surface area contributed by atoms with Crippen molar-refractivity contribution in [1.29, 1.82) is 0 Å². The third-order valence-corrected chi connectivity index (χ3v) is 4.40. The van der Waals surface area contributed by atoms with Crippen LogP contribution in [-0.4, -0.2) is 25.9 Å². The van der Waals surface area contributed by atoms with Gasteiger partial charge in [0.15, 0.2) is 28.9 Å². The minimum absolute atomic E-state index is 0.0313. The summed E-state index contributed by atoms with van der Waals surface area (Å²) in [7, 11) is 0. The molecule has 0 atom stereocenters. The molecule has 10 heteroatoms. The molecule has 0 saturated carbocycles. The molecular formula is C21H19F2N5O3. The molecule has 0 fully saturated rings. The van der Waals surface area contributed by atoms with Crippen molar-refractivity contribution in [2.24, 2.45) is 0 Å². The van der Waals surface area contributed by atoms with Crippen molar-refractivity contribution in [3.05, 3.63) is 71.3 Å². The van der Waals surface area contributed by atoms with Crippen LogP contribution in [0.4, 0.5) is 14.6 Å². The summed E-state index contributed by atoms with van der Waals surface area (Å²) in [6, 6.07) is 10.2. The van der Waals surface area contributed by atoms with Crippen molar-refractivity contribution in [2.45, 2.75) is 33.2 Å². The van der Waals surface area contributed by atoms with Crippen molar-refractivity contribution < 1.29 is 22.4 Å². The van der Waals surface area contributed by atoms with E-state index in [1.165, 1.54) is 23.1 Å². The predicted molar refractivity (Wildman–Crippen MR) is 107 cm³/mol. The Morgan fingerprint density at radius 1 is 1.19 bits per heavy atom. The first-order valence-electron chi connectivity index (χ1n) is 9.42. The first-order chi connectivity index (χ1) is 14.7. The molecule has 0 bridgehead atoms. The van der Waals surface area contributed by atoms with E-state index in [1.54, 1.807) is 6.92 Å². The summed E-state index contributed by atoms with van der Waals surface area (Å²) in [5.74, 6) is -2.87. The number of oxazole rings is 1. The molecule has 160 valence electrons. The molecule has 31 heavy (non-hydrogen) atoms. The van der Waals surface area contributed by atoms with Gasteiger partial charge in [0, 0.05) is 19.4 Å². The lowest BCUT2D eigenvalue weighted by atomic mass is 10.1. The van der Waals surface area contributed by atoms with E-state index in [9.17, 15) is 13.6 Å². The van der Waals surface area contributed by atoms with Gasteiger partial charge in [0.05, 0.1) is 6.20 Å². The van der Waals surface area contributed by atoms with Crippen LogP contribution in [0, 0.1) is 13.8 Å². The van der Waals surface area contributed by atoms with Crippen LogP contribution in [0.25, 0.3) is 11.3 Å². The zero-order valence-electron chi connectivity index (χ0n) is 17.0. The number of carbonyl (C=O) groups is 1. The molecule has 1 aromatic carbocycles. The van der Waals surface area contributed by atoms with Gasteiger partial charge in [-0.2, -0.15) is 18.7 Å². The molecule has 0 saturated heterocycles. The van der Waals surface area contributed by atoms with E-state index in [1.807, 2.05) is 31.2 Å². The fourth-order valence-corrected chi connectivity index (χ4v) is 3.01. The lowest BCUT2D eigenvalue weighted by Gasteiger charge is -2.05. The van der Waals surface area contributed by atoms with Crippen molar-refractivity contribution in [2.75, 3.05) is 5.32 Å². The number of alkyl halides is 2. The second kappa shape index (κ2) is 7.78. The van der Waals surface area contributed by atoms with Gasteiger partial charge in [0.2, 0.25) is 0 Å². The van der Waals surface area contributed by atoms with E-state index >= 15 is 0 Å². The van der Waals surface area contributed by atoms with Gasteiger partial charge in [0.1, 0.15) is 12.3 Å². The van der Waals surface area contributed by atoms with Crippen LogP contribution in [0.2, 0.25) is 0 Å². The predicted octanol–water partition coefficient (Wildman–Crippen LogP) is 4.56. The smallest absolute Gasteiger partial charge is 0.301 e. The third-order valence-electron chi connectivity index (χ3n) is 4.40. The maximum atomic E-state index is 13.3. The molecule has 1 N–H and O–H groups in total. The molecular weight excluding hydrogens is 408 g/mol. The molecule has 0 unspecified atom stereocenters. The average Bonchev–Trinajstić information content (AvgIpc) is 3.42. The van der Waals surface area contributed by atoms with Crippen LogP contribution >= 0.6 is 0 Å². The number of anilines is 1. The zero-order chi connectivity index (χ0) is 22.2. The number of hydrogen-bond donors (Lipinski definition) is 1. The summed E-state index contributed by atoms with van der Waals surface area (Å²) >= 11 is 0. The number of aryl methyl sites for hydroxylation is 2. The van der Waals surface area contributed by atoms with E-state index in [-0.39, 0.29) is 23.8 Å². The van der Waals surface area contributed by atoms with Crippen LogP contribution < -0.4 is 5.32 Å². The summed E-state index contributed by atoms with van der Waals surface area (Å²) in [6.07, 6.45) is 1.34. The van der Waals surface area contributed by atoms with Crippen LogP contribution in [0.5, 0.6) is 0 Å². The highest BCUT2D eigenvalue weighted by atomic mass is 19.3. The van der Waals surface area contributed by atoms with Gasteiger partial charge in [-0.05, 0) is 25.1 Å². The van der Waals surface area contributed by atoms with Gasteiger partial charge in [-0.25, -0.2) is 4.98 Å². The Bertz CT molecular complexity index is 1240. The van der Waals surface area contributed by atoms with Gasteiger partial charge in [-0.15, -0.1) is 5.10 Å². The van der Waals surface area contributed by atoms with Crippen LogP contribution in [0.1, 0.15) is 40.4 Å². The highest BCUT2D eigenvalue weighted by molar-refractivity contribution is 6.05. The monoisotopic (exact) mass is 427 g/mol. The lowest BCUT2D eigenvalue weighted by Crippen LogP contribution is -2.14. The number of hydrogen-bond acceptors (Lipinski definition) is 6. The maximum Gasteiger partial charge on any atom is 0.301 e. The number of furan rings is 1. The molecule has 0 aliphatic carbocycles. The number of rotatable bonds is 6. The van der Waals surface area contributed by atoms with Crippen LogP contribution in [0.15, 0.2) is 51.4 Å². The van der Waals surface area contributed by atoms with E-state index in [0.717, 1.165) is 18.1 Å². The second-order valence-electron chi connectivity index (χ2n) is 7.15. The fraction of sp³-hybridized carbons (Fsp3) is 0.238. The first-order valence-corrected chi connectivity index (χ1v) is 9.42. The minimum Gasteiger partial charge on any atom is -0.458 e. The van der Waals surface area contributed by atoms with E-state index < -0.39 is 17.6 Å². The maximum absolute atomic E-state index is 13.3. The molecule has 4 rings (SSSR count). The van der Waals surface area contributed by atoms with E-state index in [2.05, 4.69) is 20.5 Å². The summed E-state index contributed by atoms with van der Waals surface area (Å²) in [5.41, 5.74) is 1.87. The largest absolute Gasteiger partial charge is 0.458 e. The fourth-order valence-electron chi connectivity index (χ4n) is 3.01. The molecule has 0 spiro atoms. The summed E-state index contributed by atoms with van der Waals surface area (Å²) in [6.45, 7) is 4.38. The highest BCUT2D eigenvalue weighted by Crippen LogP contribution is 2.29. The normalized spacial score (nSPS) is 11.6. The molecule has 3 aromatic heterocycles. The molecule has 1 amide bonds. The quantitative estimate of drug-likeness (QED) is 0.485. The van der Waals surface area contributed by atoms with Gasteiger partial charge in [-0.1, -0.05) is 23.8 Å². The average molecular weight is 427 g/mol. The highest BCUT2D eigenvalue weighted by Gasteiger charge is 2.28. The molecule has 4 aromatic rings. The van der Waals surface area contributed by atoms with Crippen molar-refractivity contribution in [1.82, 2.24) is 20.0 Å². The van der Waals surface area contributed by atoms with Crippen LogP contribution in [0.3, 0.4) is 0 Å². The Morgan fingerprint density at radius 3 is 2.71 bits per heavy atom. The number of nitrogens with one attached hydrogen (secondary N) is 1. The zero-order valence-corrected chi connectivity index (χ0v) is 17.0.